The van der Waals surface area contributed by atoms with Gasteiger partial charge < -0.3 is 4.90 Å². The molecule has 0 aromatic carbocycles. The van der Waals surface area contributed by atoms with Crippen LogP contribution in [0.25, 0.3) is 0 Å². The number of ketones is 1. The van der Waals surface area contributed by atoms with Gasteiger partial charge in [0.25, 0.3) is 0 Å². The molecule has 25 heavy (non-hydrogen) atoms. The number of Topliss-reactive ketones (excluding diaryl/α,β-unsaturated/α-hetero) is 1. The number of hydrogen-bond acceptors (Lipinski definition) is 2. The van der Waals surface area contributed by atoms with Crippen LogP contribution in [-0.2, 0) is 9.59 Å². The fourth-order valence-electron chi connectivity index (χ4n) is 6.93. The van der Waals surface area contributed by atoms with Crippen LogP contribution in [0.3, 0.4) is 0 Å². The zero-order valence-electron chi connectivity index (χ0n) is 15.9. The van der Waals surface area contributed by atoms with Gasteiger partial charge in [-0.15, -0.1) is 6.58 Å². The number of fused-ring (bicyclic) bond motifs is 5. The summed E-state index contributed by atoms with van der Waals surface area (Å²) in [7, 11) is 1.94. The predicted molar refractivity (Wildman–Crippen MR) is 98.6 cm³/mol. The van der Waals surface area contributed by atoms with Crippen molar-refractivity contribution in [2.45, 2.75) is 58.8 Å². The van der Waals surface area contributed by atoms with Crippen LogP contribution in [0.4, 0.5) is 0 Å². The van der Waals surface area contributed by atoms with Gasteiger partial charge in [-0.1, -0.05) is 26.0 Å². The summed E-state index contributed by atoms with van der Waals surface area (Å²) in [5, 5.41) is 0. The van der Waals surface area contributed by atoms with E-state index in [1.54, 1.807) is 0 Å². The van der Waals surface area contributed by atoms with Crippen LogP contribution in [0.5, 0.6) is 0 Å². The molecule has 3 aliphatic carbocycles. The van der Waals surface area contributed by atoms with Gasteiger partial charge in [0.15, 0.2) is 0 Å². The topological polar surface area (TPSA) is 37.4 Å². The highest BCUT2D eigenvalue weighted by Crippen LogP contribution is 2.64. The molecule has 0 spiro atoms. The monoisotopic (exact) mass is 341 g/mol. The van der Waals surface area contributed by atoms with Crippen molar-refractivity contribution in [1.29, 1.82) is 0 Å². The van der Waals surface area contributed by atoms with E-state index in [9.17, 15) is 9.59 Å². The Morgan fingerprint density at radius 3 is 2.72 bits per heavy atom. The van der Waals surface area contributed by atoms with Crippen molar-refractivity contribution >= 4 is 11.7 Å². The molecular weight excluding hydrogens is 310 g/mol. The Bertz CT molecular complexity index is 665. The Kier molecular flexibility index (Phi) is 3.79. The van der Waals surface area contributed by atoms with Gasteiger partial charge in [-0.2, -0.15) is 0 Å². The van der Waals surface area contributed by atoms with Crippen LogP contribution < -0.4 is 0 Å². The van der Waals surface area contributed by atoms with Crippen molar-refractivity contribution in [1.82, 2.24) is 4.90 Å². The Morgan fingerprint density at radius 2 is 2.00 bits per heavy atom. The van der Waals surface area contributed by atoms with Crippen molar-refractivity contribution in [2.75, 3.05) is 7.05 Å². The first kappa shape index (κ1) is 17.1. The van der Waals surface area contributed by atoms with E-state index in [0.717, 1.165) is 38.5 Å². The second-order valence-electron chi connectivity index (χ2n) is 9.35. The molecule has 0 unspecified atom stereocenters. The van der Waals surface area contributed by atoms with E-state index in [4.69, 9.17) is 0 Å². The Balaban J connectivity index is 1.69. The van der Waals surface area contributed by atoms with E-state index < -0.39 is 0 Å². The van der Waals surface area contributed by atoms with Gasteiger partial charge in [-0.3, -0.25) is 9.59 Å². The molecule has 0 radical (unpaired) electrons. The number of piperidine rings is 1. The maximum absolute atomic E-state index is 13.1. The average Bonchev–Trinajstić information content (AvgIpc) is 2.84. The van der Waals surface area contributed by atoms with Crippen LogP contribution >= 0.6 is 0 Å². The van der Waals surface area contributed by atoms with E-state index in [1.165, 1.54) is 5.70 Å². The highest BCUT2D eigenvalue weighted by Gasteiger charge is 2.61. The number of likely N-dealkylation sites (tertiary alicyclic amines) is 1. The molecule has 0 aromatic heterocycles. The second-order valence-corrected chi connectivity index (χ2v) is 9.35. The third-order valence-electron chi connectivity index (χ3n) is 8.33. The van der Waals surface area contributed by atoms with Gasteiger partial charge in [-0.25, -0.2) is 0 Å². The van der Waals surface area contributed by atoms with Gasteiger partial charge >= 0.3 is 0 Å². The van der Waals surface area contributed by atoms with Gasteiger partial charge in [-0.05, 0) is 56.3 Å². The summed E-state index contributed by atoms with van der Waals surface area (Å²) in [6.07, 6.45) is 10.9. The molecule has 4 aliphatic rings. The normalized spacial score (nSPS) is 46.2. The summed E-state index contributed by atoms with van der Waals surface area (Å²) in [4.78, 5) is 27.2. The molecule has 0 aromatic rings. The maximum atomic E-state index is 13.1. The molecule has 2 saturated carbocycles. The standard InChI is InChI=1S/C22H31NO2/c1-5-6-14-13-17-15-7-8-18-21(2,12-10-19(24)23(18)4)16(15)9-11-22(17,3)20(14)25/h5,8,14-17H,1,6-7,9-13H2,2-4H3/t14-,15+,16-,17-,21+,22-/m0/s1. The molecule has 0 bridgehead atoms. The molecule has 1 amide bonds. The molecule has 136 valence electrons. The Labute approximate surface area is 151 Å². The quantitative estimate of drug-likeness (QED) is 0.700. The Morgan fingerprint density at radius 1 is 1.24 bits per heavy atom. The van der Waals surface area contributed by atoms with Crippen molar-refractivity contribution in [3.8, 4) is 0 Å². The lowest BCUT2D eigenvalue weighted by molar-refractivity contribution is -0.138. The molecule has 0 N–H and O–H groups in total. The number of rotatable bonds is 2. The maximum Gasteiger partial charge on any atom is 0.226 e. The van der Waals surface area contributed by atoms with Crippen LogP contribution in [0.1, 0.15) is 58.8 Å². The summed E-state index contributed by atoms with van der Waals surface area (Å²) >= 11 is 0. The molecule has 3 nitrogen and oxygen atoms in total. The molecule has 3 heteroatoms. The van der Waals surface area contributed by atoms with Crippen LogP contribution in [0.15, 0.2) is 24.4 Å². The van der Waals surface area contributed by atoms with Gasteiger partial charge in [0.2, 0.25) is 5.91 Å². The van der Waals surface area contributed by atoms with E-state index in [1.807, 2.05) is 18.0 Å². The lowest BCUT2D eigenvalue weighted by Crippen LogP contribution is -2.53. The molecule has 6 atom stereocenters. The third-order valence-corrected chi connectivity index (χ3v) is 8.33. The zero-order chi connectivity index (χ0) is 18.0. The summed E-state index contributed by atoms with van der Waals surface area (Å²) in [6, 6.07) is 0. The van der Waals surface area contributed by atoms with E-state index >= 15 is 0 Å². The van der Waals surface area contributed by atoms with Crippen molar-refractivity contribution in [3.63, 3.8) is 0 Å². The van der Waals surface area contributed by atoms with Crippen molar-refractivity contribution in [2.24, 2.45) is 34.5 Å². The van der Waals surface area contributed by atoms with Crippen LogP contribution in [-0.4, -0.2) is 23.6 Å². The number of amides is 1. The lowest BCUT2D eigenvalue weighted by atomic mass is 9.50. The molecule has 1 heterocycles. The summed E-state index contributed by atoms with van der Waals surface area (Å²) in [5.41, 5.74) is 1.22. The summed E-state index contributed by atoms with van der Waals surface area (Å²) in [5.74, 6) is 2.63. The number of hydrogen-bond donors (Lipinski definition) is 0. The number of allylic oxidation sites excluding steroid dienone is 3. The molecule has 3 fully saturated rings. The van der Waals surface area contributed by atoms with E-state index in [-0.39, 0.29) is 22.7 Å². The summed E-state index contributed by atoms with van der Waals surface area (Å²) < 4.78 is 0. The molecule has 1 saturated heterocycles. The smallest absolute Gasteiger partial charge is 0.226 e. The molecular formula is C22H31NO2. The number of carbonyl (C=O) groups is 2. The molecule has 1 aliphatic heterocycles. The highest BCUT2D eigenvalue weighted by atomic mass is 16.2. The predicted octanol–water partition coefficient (Wildman–Crippen LogP) is 4.35. The van der Waals surface area contributed by atoms with E-state index in [0.29, 0.717) is 30.0 Å². The fourth-order valence-corrected chi connectivity index (χ4v) is 6.93. The van der Waals surface area contributed by atoms with Crippen LogP contribution in [0, 0.1) is 34.5 Å². The SMILES string of the molecule is C=CC[C@H]1C[C@H]2[C@@H]3CC=C4N(C)C(=O)CC[C@]4(C)[C@H]3CC[C@]2(C)C1=O. The minimum atomic E-state index is -0.132. The first-order valence-corrected chi connectivity index (χ1v) is 9.95. The molecule has 4 rings (SSSR count). The Hall–Kier alpha value is -1.38. The van der Waals surface area contributed by atoms with Crippen molar-refractivity contribution in [3.05, 3.63) is 24.4 Å². The number of carbonyl (C=O) groups excluding carboxylic acids is 2. The van der Waals surface area contributed by atoms with Crippen molar-refractivity contribution < 1.29 is 9.59 Å². The van der Waals surface area contributed by atoms with E-state index in [2.05, 4.69) is 26.5 Å². The van der Waals surface area contributed by atoms with Gasteiger partial charge in [0.05, 0.1) is 0 Å². The minimum Gasteiger partial charge on any atom is -0.319 e. The number of nitrogens with zero attached hydrogens (tertiary/aromatic N) is 1. The zero-order valence-corrected chi connectivity index (χ0v) is 15.9. The largest absolute Gasteiger partial charge is 0.319 e. The minimum absolute atomic E-state index is 0.104. The third kappa shape index (κ3) is 2.17. The summed E-state index contributed by atoms with van der Waals surface area (Å²) in [6.45, 7) is 8.47. The second kappa shape index (κ2) is 5.56. The highest BCUT2D eigenvalue weighted by molar-refractivity contribution is 5.89. The lowest BCUT2D eigenvalue weighted by Gasteiger charge is -2.57. The van der Waals surface area contributed by atoms with Gasteiger partial charge in [0.1, 0.15) is 5.78 Å². The van der Waals surface area contributed by atoms with Gasteiger partial charge in [0, 0.05) is 35.9 Å². The average molecular weight is 341 g/mol. The van der Waals surface area contributed by atoms with Crippen LogP contribution in [0.2, 0.25) is 0 Å². The first-order valence-electron chi connectivity index (χ1n) is 9.95. The fraction of sp³-hybridized carbons (Fsp3) is 0.727. The first-order chi connectivity index (χ1) is 11.8.